The zero-order chi connectivity index (χ0) is 26.9. The highest BCUT2D eigenvalue weighted by Gasteiger charge is 2.28. The van der Waals surface area contributed by atoms with E-state index in [-0.39, 0.29) is 0 Å². The van der Waals surface area contributed by atoms with Crippen LogP contribution in [0.2, 0.25) is 0 Å². The summed E-state index contributed by atoms with van der Waals surface area (Å²) in [5.74, 6) is 1.75. The van der Waals surface area contributed by atoms with Crippen LogP contribution in [0.15, 0.2) is 140 Å². The Morgan fingerprint density at radius 2 is 1.17 bits per heavy atom. The highest BCUT2D eigenvalue weighted by Crippen LogP contribution is 2.51. The van der Waals surface area contributed by atoms with Crippen LogP contribution in [0.5, 0.6) is 11.5 Å². The molecule has 0 amide bonds. The van der Waals surface area contributed by atoms with Gasteiger partial charge in [-0.1, -0.05) is 84.9 Å². The number of thiophene rings is 1. The third kappa shape index (κ3) is 3.36. The third-order valence-electron chi connectivity index (χ3n) is 8.21. The molecule has 3 heterocycles. The molecule has 1 aliphatic rings. The van der Waals surface area contributed by atoms with Gasteiger partial charge >= 0.3 is 0 Å². The summed E-state index contributed by atoms with van der Waals surface area (Å²) in [5.41, 5.74) is 9.29. The Kier molecular flexibility index (Phi) is 4.80. The van der Waals surface area contributed by atoms with E-state index in [1.165, 1.54) is 47.8 Å². The summed E-state index contributed by atoms with van der Waals surface area (Å²) >= 11 is 1.86. The van der Waals surface area contributed by atoms with Crippen molar-refractivity contribution in [1.29, 1.82) is 0 Å². The minimum Gasteiger partial charge on any atom is -0.456 e. The monoisotopic (exact) mass is 541 g/mol. The normalized spacial score (nSPS) is 12.1. The summed E-state index contributed by atoms with van der Waals surface area (Å²) in [6, 6.07) is 50.0. The van der Waals surface area contributed by atoms with Crippen molar-refractivity contribution in [1.82, 2.24) is 4.57 Å². The summed E-state index contributed by atoms with van der Waals surface area (Å²) in [6.45, 7) is 0. The highest BCUT2D eigenvalue weighted by molar-refractivity contribution is 7.25. The summed E-state index contributed by atoms with van der Waals surface area (Å²) in [7, 11) is 0. The summed E-state index contributed by atoms with van der Waals surface area (Å²) in [4.78, 5) is 0. The van der Waals surface area contributed by atoms with E-state index in [1.54, 1.807) is 0 Å². The number of benzene rings is 6. The number of hydrogen-bond acceptors (Lipinski definition) is 2. The molecule has 0 spiro atoms. The molecule has 0 fully saturated rings. The van der Waals surface area contributed by atoms with Crippen molar-refractivity contribution < 1.29 is 4.74 Å². The van der Waals surface area contributed by atoms with Gasteiger partial charge in [-0.05, 0) is 65.7 Å². The molecule has 0 radical (unpaired) electrons. The Morgan fingerprint density at radius 3 is 2.07 bits per heavy atom. The second-order valence-corrected chi connectivity index (χ2v) is 11.6. The molecule has 2 aromatic heterocycles. The second kappa shape index (κ2) is 8.69. The van der Waals surface area contributed by atoms with Crippen molar-refractivity contribution in [2.24, 2.45) is 0 Å². The Balaban J connectivity index is 1.32. The van der Waals surface area contributed by atoms with Gasteiger partial charge in [0.25, 0.3) is 0 Å². The predicted octanol–water partition coefficient (Wildman–Crippen LogP) is 11.1. The Morgan fingerprint density at radius 1 is 0.488 bits per heavy atom. The molecule has 2 nitrogen and oxygen atoms in total. The number of para-hydroxylation sites is 3. The molecule has 41 heavy (non-hydrogen) atoms. The summed E-state index contributed by atoms with van der Waals surface area (Å²) in [5, 5.41) is 3.85. The minimum absolute atomic E-state index is 0.869. The average Bonchev–Trinajstić information content (AvgIpc) is 3.53. The lowest BCUT2D eigenvalue weighted by Crippen LogP contribution is -1.98. The first-order chi connectivity index (χ1) is 20.3. The summed E-state index contributed by atoms with van der Waals surface area (Å²) in [6.07, 6.45) is 0. The van der Waals surface area contributed by atoms with Crippen LogP contribution < -0.4 is 4.74 Å². The Bertz CT molecular complexity index is 2300. The van der Waals surface area contributed by atoms with Crippen molar-refractivity contribution in [2.45, 2.75) is 0 Å². The fourth-order valence-corrected chi connectivity index (χ4v) is 7.48. The molecule has 9 rings (SSSR count). The van der Waals surface area contributed by atoms with E-state index in [4.69, 9.17) is 4.74 Å². The van der Waals surface area contributed by atoms with Crippen LogP contribution in [0.4, 0.5) is 0 Å². The lowest BCUT2D eigenvalue weighted by molar-refractivity contribution is 0.487. The van der Waals surface area contributed by atoms with Crippen LogP contribution in [0, 0.1) is 0 Å². The largest absolute Gasteiger partial charge is 0.456 e. The quantitative estimate of drug-likeness (QED) is 0.212. The molecule has 1 aliphatic heterocycles. The summed E-state index contributed by atoms with van der Waals surface area (Å²) < 4.78 is 11.6. The van der Waals surface area contributed by atoms with Gasteiger partial charge in [-0.3, -0.25) is 0 Å². The fourth-order valence-electron chi connectivity index (χ4n) is 6.40. The van der Waals surface area contributed by atoms with Crippen molar-refractivity contribution in [2.75, 3.05) is 0 Å². The van der Waals surface area contributed by atoms with E-state index in [1.807, 2.05) is 23.5 Å². The maximum Gasteiger partial charge on any atom is 0.136 e. The average molecular weight is 542 g/mol. The SMILES string of the molecule is c1cc(-c2ccc3sc4ccccc4c3c2)cc(-n2c3c(c4ccccc42)-c2ccccc2Oc2ccccc2-3)c1. The lowest BCUT2D eigenvalue weighted by atomic mass is 9.98. The van der Waals surface area contributed by atoms with E-state index in [2.05, 4.69) is 132 Å². The number of fused-ring (bicyclic) bond motifs is 10. The van der Waals surface area contributed by atoms with Gasteiger partial charge in [0.2, 0.25) is 0 Å². The van der Waals surface area contributed by atoms with Crippen LogP contribution in [-0.2, 0) is 0 Å². The van der Waals surface area contributed by atoms with Gasteiger partial charge in [-0.25, -0.2) is 0 Å². The zero-order valence-electron chi connectivity index (χ0n) is 22.0. The van der Waals surface area contributed by atoms with Gasteiger partial charge in [0.1, 0.15) is 11.5 Å². The van der Waals surface area contributed by atoms with Gasteiger partial charge in [-0.2, -0.15) is 0 Å². The molecule has 0 aliphatic carbocycles. The van der Waals surface area contributed by atoms with Crippen LogP contribution in [-0.4, -0.2) is 4.57 Å². The van der Waals surface area contributed by atoms with E-state index in [0.717, 1.165) is 34.0 Å². The number of hydrogen-bond donors (Lipinski definition) is 0. The fraction of sp³-hybridized carbons (Fsp3) is 0. The van der Waals surface area contributed by atoms with Gasteiger partial charge in [0.15, 0.2) is 0 Å². The maximum absolute atomic E-state index is 6.53. The van der Waals surface area contributed by atoms with Crippen LogP contribution >= 0.6 is 11.3 Å². The van der Waals surface area contributed by atoms with Crippen molar-refractivity contribution in [3.63, 3.8) is 0 Å². The van der Waals surface area contributed by atoms with Gasteiger partial charge in [-0.15, -0.1) is 11.3 Å². The second-order valence-electron chi connectivity index (χ2n) is 10.5. The molecule has 0 N–H and O–H groups in total. The molecule has 192 valence electrons. The van der Waals surface area contributed by atoms with Crippen LogP contribution in [0.1, 0.15) is 0 Å². The van der Waals surface area contributed by atoms with E-state index in [0.29, 0.717) is 0 Å². The Labute approximate surface area is 241 Å². The number of nitrogens with zero attached hydrogens (tertiary/aromatic N) is 1. The number of rotatable bonds is 2. The van der Waals surface area contributed by atoms with Crippen molar-refractivity contribution >= 4 is 42.4 Å². The van der Waals surface area contributed by atoms with E-state index in [9.17, 15) is 0 Å². The van der Waals surface area contributed by atoms with Crippen molar-refractivity contribution in [3.05, 3.63) is 140 Å². The van der Waals surface area contributed by atoms with Crippen LogP contribution in [0.25, 0.3) is 70.3 Å². The van der Waals surface area contributed by atoms with Crippen LogP contribution in [0.3, 0.4) is 0 Å². The molecule has 0 saturated carbocycles. The third-order valence-corrected chi connectivity index (χ3v) is 9.36. The van der Waals surface area contributed by atoms with Gasteiger partial charge in [0.05, 0.1) is 11.2 Å². The molecule has 0 saturated heterocycles. The molecule has 0 atom stereocenters. The topological polar surface area (TPSA) is 14.2 Å². The molecular weight excluding hydrogens is 518 g/mol. The minimum atomic E-state index is 0.869. The van der Waals surface area contributed by atoms with E-state index >= 15 is 0 Å². The van der Waals surface area contributed by atoms with Gasteiger partial charge < -0.3 is 9.30 Å². The predicted molar refractivity (Wildman–Crippen MR) is 173 cm³/mol. The Hall–Kier alpha value is -5.12. The molecular formula is C38H23NOS. The molecule has 3 heteroatoms. The number of ether oxygens (including phenoxy) is 1. The van der Waals surface area contributed by atoms with Crippen molar-refractivity contribution in [3.8, 4) is 50.7 Å². The number of aromatic nitrogens is 1. The zero-order valence-corrected chi connectivity index (χ0v) is 22.9. The molecule has 0 bridgehead atoms. The maximum atomic E-state index is 6.53. The highest BCUT2D eigenvalue weighted by atomic mass is 32.1. The first kappa shape index (κ1) is 22.7. The van der Waals surface area contributed by atoms with Gasteiger partial charge in [0, 0.05) is 47.9 Å². The standard InChI is InChI=1S/C38H23NOS/c1-5-16-32-28(13-1)37-29-14-2-6-17-33(29)40-34-18-7-3-15-30(34)38(37)39(32)26-11-9-10-24(22-26)25-20-21-36-31(23-25)27-12-4-8-19-35(27)41-36/h1-23H. The van der Waals surface area contributed by atoms with E-state index < -0.39 is 0 Å². The lowest BCUT2D eigenvalue weighted by Gasteiger charge is -2.15. The molecule has 8 aromatic rings. The molecule has 6 aromatic carbocycles. The first-order valence-corrected chi connectivity index (χ1v) is 14.7. The molecule has 0 unspecified atom stereocenters. The first-order valence-electron chi connectivity index (χ1n) is 13.9. The smallest absolute Gasteiger partial charge is 0.136 e.